The van der Waals surface area contributed by atoms with Crippen LogP contribution in [-0.4, -0.2) is 19.7 Å². The third-order valence-electron chi connectivity index (χ3n) is 3.19. The Morgan fingerprint density at radius 1 is 1.42 bits per heavy atom. The van der Waals surface area contributed by atoms with Gasteiger partial charge in [0.05, 0.1) is 16.5 Å². The number of nitrogens with one attached hydrogen (secondary N) is 1. The van der Waals surface area contributed by atoms with Crippen LogP contribution in [0.3, 0.4) is 0 Å². The minimum atomic E-state index is -0.410. The average Bonchev–Trinajstić information content (AvgIpc) is 3.06. The fourth-order valence-corrected chi connectivity index (χ4v) is 2.08. The summed E-state index contributed by atoms with van der Waals surface area (Å²) in [6, 6.07) is 8.68. The van der Waals surface area contributed by atoms with Crippen LogP contribution in [0.4, 0.5) is 5.69 Å². The summed E-state index contributed by atoms with van der Waals surface area (Å²) in [5.41, 5.74) is 1.74. The minimum absolute atomic E-state index is 0.0569. The first-order chi connectivity index (χ1) is 9.15. The zero-order chi connectivity index (χ0) is 13.4. The highest BCUT2D eigenvalue weighted by Crippen LogP contribution is 2.22. The molecule has 3 aromatic rings. The number of H-pyrrole nitrogens is 1. The molecule has 3 rings (SSSR count). The monoisotopic (exact) mass is 256 g/mol. The number of nitrogens with zero attached hydrogens (tertiary/aromatic N) is 3. The van der Waals surface area contributed by atoms with Crippen molar-refractivity contribution in [2.75, 3.05) is 0 Å². The van der Waals surface area contributed by atoms with Crippen LogP contribution >= 0.6 is 0 Å². The first kappa shape index (κ1) is 11.5. The molecular weight excluding hydrogens is 244 g/mol. The lowest BCUT2D eigenvalue weighted by Crippen LogP contribution is -2.07. The van der Waals surface area contributed by atoms with E-state index in [4.69, 9.17) is 0 Å². The number of hydrogen-bond acceptors (Lipinski definition) is 3. The number of aromatic amines is 1. The first-order valence-corrected chi connectivity index (χ1v) is 5.92. The van der Waals surface area contributed by atoms with Crippen LogP contribution in [0.25, 0.3) is 10.9 Å². The summed E-state index contributed by atoms with van der Waals surface area (Å²) in [4.78, 5) is 13.5. The molecule has 6 heteroatoms. The van der Waals surface area contributed by atoms with E-state index in [0.717, 1.165) is 11.1 Å². The molecule has 1 unspecified atom stereocenters. The fraction of sp³-hybridized carbons (Fsp3) is 0.154. The maximum atomic E-state index is 10.7. The molecule has 1 aromatic carbocycles. The molecule has 6 nitrogen and oxygen atoms in total. The lowest BCUT2D eigenvalue weighted by molar-refractivity contribution is -0.384. The molecule has 1 N–H and O–H groups in total. The maximum absolute atomic E-state index is 10.7. The summed E-state index contributed by atoms with van der Waals surface area (Å²) >= 11 is 0. The number of nitro benzene ring substituents is 1. The van der Waals surface area contributed by atoms with Crippen molar-refractivity contribution >= 4 is 16.6 Å². The Bertz CT molecular complexity index is 730. The van der Waals surface area contributed by atoms with Gasteiger partial charge in [-0.25, -0.2) is 0 Å². The van der Waals surface area contributed by atoms with Gasteiger partial charge in [-0.05, 0) is 25.1 Å². The first-order valence-electron chi connectivity index (χ1n) is 5.92. The van der Waals surface area contributed by atoms with E-state index in [-0.39, 0.29) is 11.7 Å². The normalized spacial score (nSPS) is 12.7. The zero-order valence-electron chi connectivity index (χ0n) is 10.3. The fourth-order valence-electron chi connectivity index (χ4n) is 2.08. The second kappa shape index (κ2) is 4.24. The van der Waals surface area contributed by atoms with Gasteiger partial charge in [0.2, 0.25) is 0 Å². The predicted octanol–water partition coefficient (Wildman–Crippen LogP) is 2.88. The predicted molar refractivity (Wildman–Crippen MR) is 71.0 cm³/mol. The van der Waals surface area contributed by atoms with E-state index in [1.807, 2.05) is 31.5 Å². The van der Waals surface area contributed by atoms with E-state index in [1.54, 1.807) is 10.7 Å². The summed E-state index contributed by atoms with van der Waals surface area (Å²) in [5, 5.41) is 16.0. The van der Waals surface area contributed by atoms with Gasteiger partial charge >= 0.3 is 0 Å². The largest absolute Gasteiger partial charge is 0.363 e. The van der Waals surface area contributed by atoms with E-state index >= 15 is 0 Å². The molecule has 1 atom stereocenters. The highest BCUT2D eigenvalue weighted by molar-refractivity contribution is 5.80. The standard InChI is InChI=1S/C13H12N4O2/c1-9(12-3-2-6-14-12)16-8-10-4-5-11(17(18)19)7-13(10)15-16/h2-9,14H,1H3. The Hall–Kier alpha value is -2.63. The second-order valence-corrected chi connectivity index (χ2v) is 4.41. The molecule has 0 fully saturated rings. The van der Waals surface area contributed by atoms with Crippen molar-refractivity contribution in [1.29, 1.82) is 0 Å². The minimum Gasteiger partial charge on any atom is -0.363 e. The van der Waals surface area contributed by atoms with E-state index in [9.17, 15) is 10.1 Å². The van der Waals surface area contributed by atoms with Crippen molar-refractivity contribution < 1.29 is 4.92 Å². The van der Waals surface area contributed by atoms with Crippen LogP contribution in [0.15, 0.2) is 42.7 Å². The highest BCUT2D eigenvalue weighted by Gasteiger charge is 2.13. The van der Waals surface area contributed by atoms with Gasteiger partial charge in [0.25, 0.3) is 5.69 Å². The van der Waals surface area contributed by atoms with Gasteiger partial charge in [-0.3, -0.25) is 14.8 Å². The Morgan fingerprint density at radius 3 is 2.95 bits per heavy atom. The summed E-state index contributed by atoms with van der Waals surface area (Å²) in [7, 11) is 0. The van der Waals surface area contributed by atoms with Crippen molar-refractivity contribution in [3.63, 3.8) is 0 Å². The van der Waals surface area contributed by atoms with Crippen LogP contribution in [0, 0.1) is 10.1 Å². The van der Waals surface area contributed by atoms with Gasteiger partial charge < -0.3 is 4.98 Å². The molecule has 0 saturated heterocycles. The lowest BCUT2D eigenvalue weighted by Gasteiger charge is -2.09. The van der Waals surface area contributed by atoms with Gasteiger partial charge in [-0.15, -0.1) is 0 Å². The van der Waals surface area contributed by atoms with Crippen molar-refractivity contribution in [1.82, 2.24) is 14.8 Å². The molecule has 0 saturated carbocycles. The Balaban J connectivity index is 2.04. The molecule has 0 spiro atoms. The van der Waals surface area contributed by atoms with Crippen LogP contribution in [0.1, 0.15) is 18.7 Å². The van der Waals surface area contributed by atoms with Crippen LogP contribution in [0.2, 0.25) is 0 Å². The molecule has 0 radical (unpaired) electrons. The smallest absolute Gasteiger partial charge is 0.271 e. The molecule has 0 bridgehead atoms. The number of aromatic nitrogens is 3. The van der Waals surface area contributed by atoms with Crippen molar-refractivity contribution in [3.8, 4) is 0 Å². The van der Waals surface area contributed by atoms with Crippen molar-refractivity contribution in [3.05, 3.63) is 58.5 Å². The number of rotatable bonds is 3. The molecule has 0 aliphatic heterocycles. The Morgan fingerprint density at radius 2 is 2.26 bits per heavy atom. The molecule has 19 heavy (non-hydrogen) atoms. The quantitative estimate of drug-likeness (QED) is 0.578. The maximum Gasteiger partial charge on any atom is 0.271 e. The van der Waals surface area contributed by atoms with Gasteiger partial charge in [-0.2, -0.15) is 5.10 Å². The Kier molecular flexibility index (Phi) is 2.56. The molecular formula is C13H12N4O2. The third-order valence-corrected chi connectivity index (χ3v) is 3.19. The summed E-state index contributed by atoms with van der Waals surface area (Å²) < 4.78 is 1.81. The van der Waals surface area contributed by atoms with Gasteiger partial charge in [0.1, 0.15) is 0 Å². The topological polar surface area (TPSA) is 76.8 Å². The summed E-state index contributed by atoms with van der Waals surface area (Å²) in [5.74, 6) is 0. The second-order valence-electron chi connectivity index (χ2n) is 4.41. The van der Waals surface area contributed by atoms with E-state index in [0.29, 0.717) is 5.52 Å². The van der Waals surface area contributed by atoms with Gasteiger partial charge in [-0.1, -0.05) is 0 Å². The molecule has 96 valence electrons. The average molecular weight is 256 g/mol. The summed E-state index contributed by atoms with van der Waals surface area (Å²) in [6.07, 6.45) is 3.75. The van der Waals surface area contributed by atoms with Gasteiger partial charge in [0, 0.05) is 35.6 Å². The van der Waals surface area contributed by atoms with Gasteiger partial charge in [0.15, 0.2) is 0 Å². The van der Waals surface area contributed by atoms with E-state index in [1.165, 1.54) is 12.1 Å². The van der Waals surface area contributed by atoms with Crippen molar-refractivity contribution in [2.24, 2.45) is 0 Å². The summed E-state index contributed by atoms with van der Waals surface area (Å²) in [6.45, 7) is 2.02. The molecule has 0 amide bonds. The zero-order valence-corrected chi connectivity index (χ0v) is 10.3. The van der Waals surface area contributed by atoms with E-state index < -0.39 is 4.92 Å². The number of hydrogen-bond donors (Lipinski definition) is 1. The highest BCUT2D eigenvalue weighted by atomic mass is 16.6. The number of benzene rings is 1. The van der Waals surface area contributed by atoms with Crippen LogP contribution in [-0.2, 0) is 0 Å². The molecule has 0 aliphatic carbocycles. The van der Waals surface area contributed by atoms with Crippen molar-refractivity contribution in [2.45, 2.75) is 13.0 Å². The molecule has 2 aromatic heterocycles. The third kappa shape index (κ3) is 1.97. The number of nitro groups is 1. The van der Waals surface area contributed by atoms with Crippen LogP contribution < -0.4 is 0 Å². The number of non-ortho nitro benzene ring substituents is 1. The molecule has 2 heterocycles. The molecule has 0 aliphatic rings. The van der Waals surface area contributed by atoms with E-state index in [2.05, 4.69) is 10.1 Å². The Labute approximate surface area is 108 Å². The SMILES string of the molecule is CC(c1ccc[nH]1)n1cc2ccc([N+](=O)[O-])cc2n1. The number of fused-ring (bicyclic) bond motifs is 1. The van der Waals surface area contributed by atoms with Crippen LogP contribution in [0.5, 0.6) is 0 Å². The lowest BCUT2D eigenvalue weighted by atomic mass is 10.2.